The minimum Gasteiger partial charge on any atom is -0.468 e. The second-order valence-corrected chi connectivity index (χ2v) is 6.08. The van der Waals surface area contributed by atoms with Gasteiger partial charge in [0.15, 0.2) is 0 Å². The molecule has 122 valence electrons. The number of carbonyl (C=O) groups is 1. The third kappa shape index (κ3) is 4.16. The van der Waals surface area contributed by atoms with E-state index in [4.69, 9.17) is 4.42 Å². The highest BCUT2D eigenvalue weighted by Gasteiger charge is 2.26. The maximum absolute atomic E-state index is 12.5. The first-order valence-corrected chi connectivity index (χ1v) is 7.98. The van der Waals surface area contributed by atoms with Crippen LogP contribution in [0, 0.1) is 19.8 Å². The third-order valence-electron chi connectivity index (χ3n) is 4.05. The molecule has 6 heteroatoms. The van der Waals surface area contributed by atoms with Gasteiger partial charge in [-0.1, -0.05) is 0 Å². The molecule has 0 bridgehead atoms. The highest BCUT2D eigenvalue weighted by atomic mass is 16.3. The summed E-state index contributed by atoms with van der Waals surface area (Å²) in [5.74, 6) is 2.21. The molecule has 1 saturated heterocycles. The molecule has 1 aliphatic heterocycles. The Morgan fingerprint density at radius 3 is 3.04 bits per heavy atom. The Bertz CT molecular complexity index is 649. The van der Waals surface area contributed by atoms with Gasteiger partial charge < -0.3 is 9.73 Å². The van der Waals surface area contributed by atoms with Gasteiger partial charge in [-0.05, 0) is 45.4 Å². The van der Waals surface area contributed by atoms with Crippen molar-refractivity contribution in [1.29, 1.82) is 0 Å². The molecule has 2 aromatic rings. The number of aromatic nitrogens is 2. The molecule has 1 atom stereocenters. The predicted octanol–water partition coefficient (Wildman–Crippen LogP) is 2.54. The van der Waals surface area contributed by atoms with Crippen molar-refractivity contribution in [2.75, 3.05) is 18.4 Å². The van der Waals surface area contributed by atoms with Crippen molar-refractivity contribution in [3.8, 4) is 0 Å². The molecule has 6 nitrogen and oxygen atoms in total. The molecule has 23 heavy (non-hydrogen) atoms. The van der Waals surface area contributed by atoms with Crippen LogP contribution >= 0.6 is 0 Å². The Kier molecular flexibility index (Phi) is 4.71. The van der Waals surface area contributed by atoms with Crippen LogP contribution < -0.4 is 5.32 Å². The number of hydrogen-bond acceptors (Lipinski definition) is 5. The van der Waals surface area contributed by atoms with Crippen molar-refractivity contribution in [2.24, 2.45) is 5.92 Å². The monoisotopic (exact) mass is 314 g/mol. The van der Waals surface area contributed by atoms with Crippen LogP contribution in [0.25, 0.3) is 0 Å². The fourth-order valence-corrected chi connectivity index (χ4v) is 3.05. The van der Waals surface area contributed by atoms with Crippen molar-refractivity contribution in [2.45, 2.75) is 33.2 Å². The van der Waals surface area contributed by atoms with Crippen LogP contribution in [0.1, 0.15) is 30.1 Å². The molecule has 1 fully saturated rings. The number of rotatable bonds is 4. The van der Waals surface area contributed by atoms with Crippen LogP contribution in [0.15, 0.2) is 28.9 Å². The maximum Gasteiger partial charge on any atom is 0.229 e. The molecule has 3 rings (SSSR count). The molecule has 2 aromatic heterocycles. The molecule has 0 spiro atoms. The average molecular weight is 314 g/mol. The summed E-state index contributed by atoms with van der Waals surface area (Å²) in [7, 11) is 0. The van der Waals surface area contributed by atoms with E-state index in [9.17, 15) is 4.79 Å². The minimum atomic E-state index is -0.0192. The molecular weight excluding hydrogens is 292 g/mol. The van der Waals surface area contributed by atoms with Crippen molar-refractivity contribution in [3.63, 3.8) is 0 Å². The molecular formula is C17H22N4O2. The van der Waals surface area contributed by atoms with Gasteiger partial charge in [-0.2, -0.15) is 0 Å². The number of anilines is 1. The average Bonchev–Trinajstić information content (AvgIpc) is 2.99. The lowest BCUT2D eigenvalue weighted by Crippen LogP contribution is -2.40. The van der Waals surface area contributed by atoms with Gasteiger partial charge in [-0.15, -0.1) is 0 Å². The van der Waals surface area contributed by atoms with Gasteiger partial charge in [-0.3, -0.25) is 9.69 Å². The van der Waals surface area contributed by atoms with Crippen LogP contribution in [-0.2, 0) is 11.3 Å². The van der Waals surface area contributed by atoms with Gasteiger partial charge in [0, 0.05) is 18.3 Å². The summed E-state index contributed by atoms with van der Waals surface area (Å²) < 4.78 is 5.39. The van der Waals surface area contributed by atoms with Crippen LogP contribution in [0.5, 0.6) is 0 Å². The van der Waals surface area contributed by atoms with E-state index in [2.05, 4.69) is 20.2 Å². The van der Waals surface area contributed by atoms with E-state index in [0.29, 0.717) is 11.6 Å². The van der Waals surface area contributed by atoms with E-state index < -0.39 is 0 Å². The van der Waals surface area contributed by atoms with Gasteiger partial charge in [0.2, 0.25) is 5.91 Å². The van der Waals surface area contributed by atoms with E-state index in [1.807, 2.05) is 26.0 Å². The fraction of sp³-hybridized carbons (Fsp3) is 0.471. The molecule has 3 heterocycles. The maximum atomic E-state index is 12.5. The van der Waals surface area contributed by atoms with Gasteiger partial charge >= 0.3 is 0 Å². The molecule has 1 N–H and O–H groups in total. The summed E-state index contributed by atoms with van der Waals surface area (Å²) in [5.41, 5.74) is 0.857. The van der Waals surface area contributed by atoms with E-state index in [-0.39, 0.29) is 11.8 Å². The van der Waals surface area contributed by atoms with Crippen LogP contribution in [0.4, 0.5) is 5.82 Å². The Morgan fingerprint density at radius 1 is 1.43 bits per heavy atom. The van der Waals surface area contributed by atoms with Crippen molar-refractivity contribution in [1.82, 2.24) is 14.9 Å². The Hall–Kier alpha value is -2.21. The van der Waals surface area contributed by atoms with Crippen molar-refractivity contribution < 1.29 is 9.21 Å². The topological polar surface area (TPSA) is 71.3 Å². The standard InChI is InChI=1S/C17H22N4O2/c1-12-9-16(19-13(2)18-12)20-17(22)14-5-3-7-21(10-14)11-15-6-4-8-23-15/h4,6,8-9,14H,3,5,7,10-11H2,1-2H3,(H,18,19,20,22). The first-order valence-electron chi connectivity index (χ1n) is 7.98. The number of carbonyl (C=O) groups excluding carboxylic acids is 1. The van der Waals surface area contributed by atoms with Gasteiger partial charge in [0.1, 0.15) is 17.4 Å². The first kappa shape index (κ1) is 15.7. The Labute approximate surface area is 135 Å². The zero-order valence-electron chi connectivity index (χ0n) is 13.6. The number of piperidine rings is 1. The zero-order valence-corrected chi connectivity index (χ0v) is 13.6. The second kappa shape index (κ2) is 6.91. The molecule has 0 radical (unpaired) electrons. The molecule has 1 aliphatic rings. The summed E-state index contributed by atoms with van der Waals surface area (Å²) in [4.78, 5) is 23.3. The molecule has 1 amide bonds. The van der Waals surface area contributed by atoms with Crippen LogP contribution in [0.3, 0.4) is 0 Å². The van der Waals surface area contributed by atoms with E-state index in [1.165, 1.54) is 0 Å². The SMILES string of the molecule is Cc1cc(NC(=O)C2CCCN(Cc3ccco3)C2)nc(C)n1. The number of likely N-dealkylation sites (tertiary alicyclic amines) is 1. The lowest BCUT2D eigenvalue weighted by atomic mass is 9.97. The number of hydrogen-bond donors (Lipinski definition) is 1. The first-order chi connectivity index (χ1) is 11.1. The van der Waals surface area contributed by atoms with Gasteiger partial charge in [-0.25, -0.2) is 9.97 Å². The van der Waals surface area contributed by atoms with Crippen molar-refractivity contribution >= 4 is 11.7 Å². The second-order valence-electron chi connectivity index (χ2n) is 6.08. The van der Waals surface area contributed by atoms with E-state index in [1.54, 1.807) is 12.3 Å². The van der Waals surface area contributed by atoms with Gasteiger partial charge in [0.25, 0.3) is 0 Å². The number of nitrogens with one attached hydrogen (secondary N) is 1. The number of aryl methyl sites for hydroxylation is 2. The van der Waals surface area contributed by atoms with E-state index in [0.717, 1.165) is 43.9 Å². The summed E-state index contributed by atoms with van der Waals surface area (Å²) >= 11 is 0. The molecule has 0 aliphatic carbocycles. The third-order valence-corrected chi connectivity index (χ3v) is 4.05. The number of amides is 1. The number of furan rings is 1. The molecule has 0 aromatic carbocycles. The summed E-state index contributed by atoms with van der Waals surface area (Å²) in [5, 5.41) is 2.93. The van der Waals surface area contributed by atoms with Gasteiger partial charge in [0.05, 0.1) is 18.7 Å². The minimum absolute atomic E-state index is 0.0192. The predicted molar refractivity (Wildman–Crippen MR) is 86.8 cm³/mol. The summed E-state index contributed by atoms with van der Waals surface area (Å²) in [6.07, 6.45) is 3.60. The lowest BCUT2D eigenvalue weighted by Gasteiger charge is -2.31. The quantitative estimate of drug-likeness (QED) is 0.939. The lowest BCUT2D eigenvalue weighted by molar-refractivity contribution is -0.121. The van der Waals surface area contributed by atoms with Crippen LogP contribution in [-0.4, -0.2) is 33.9 Å². The summed E-state index contributed by atoms with van der Waals surface area (Å²) in [6.45, 7) is 6.22. The van der Waals surface area contributed by atoms with Crippen LogP contribution in [0.2, 0.25) is 0 Å². The normalized spacial score (nSPS) is 18.8. The zero-order chi connectivity index (χ0) is 16.2. The molecule has 0 saturated carbocycles. The smallest absolute Gasteiger partial charge is 0.229 e. The largest absolute Gasteiger partial charge is 0.468 e. The highest BCUT2D eigenvalue weighted by molar-refractivity contribution is 5.91. The molecule has 1 unspecified atom stereocenters. The number of nitrogens with zero attached hydrogens (tertiary/aromatic N) is 3. The summed E-state index contributed by atoms with van der Waals surface area (Å²) in [6, 6.07) is 5.66. The fourth-order valence-electron chi connectivity index (χ4n) is 3.05. The van der Waals surface area contributed by atoms with Crippen molar-refractivity contribution in [3.05, 3.63) is 41.7 Å². The Morgan fingerprint density at radius 2 is 2.30 bits per heavy atom. The van der Waals surface area contributed by atoms with E-state index >= 15 is 0 Å². The Balaban J connectivity index is 1.60. The highest BCUT2D eigenvalue weighted by Crippen LogP contribution is 2.20.